The third-order valence-corrected chi connectivity index (χ3v) is 3.10. The average Bonchev–Trinajstić information content (AvgIpc) is 3.12. The molecule has 104 valence electrons. The second-order valence-corrected chi connectivity index (χ2v) is 4.70. The third kappa shape index (κ3) is 3.70. The summed E-state index contributed by atoms with van der Waals surface area (Å²) in [6, 6.07) is 4.82. The lowest BCUT2D eigenvalue weighted by atomic mass is 9.97. The fourth-order valence-electron chi connectivity index (χ4n) is 1.85. The van der Waals surface area contributed by atoms with Gasteiger partial charge in [0.05, 0.1) is 11.5 Å². The lowest BCUT2D eigenvalue weighted by Gasteiger charge is -2.15. The minimum atomic E-state index is -4.46. The van der Waals surface area contributed by atoms with Crippen molar-refractivity contribution in [2.45, 2.75) is 31.0 Å². The molecule has 6 heteroatoms. The van der Waals surface area contributed by atoms with Crippen LogP contribution in [-0.4, -0.2) is 23.7 Å². The number of alkyl halides is 3. The summed E-state index contributed by atoms with van der Waals surface area (Å²) in [5, 5.41) is 12.2. The van der Waals surface area contributed by atoms with Gasteiger partial charge in [0.2, 0.25) is 0 Å². The largest absolute Gasteiger partial charge is 0.481 e. The van der Waals surface area contributed by atoms with E-state index in [-0.39, 0.29) is 12.1 Å². The highest BCUT2D eigenvalue weighted by Crippen LogP contribution is 2.31. The van der Waals surface area contributed by atoms with E-state index in [0.29, 0.717) is 6.04 Å². The summed E-state index contributed by atoms with van der Waals surface area (Å²) in [4.78, 5) is 11.2. The van der Waals surface area contributed by atoms with Crippen LogP contribution in [0.3, 0.4) is 0 Å². The topological polar surface area (TPSA) is 49.3 Å². The molecule has 0 heterocycles. The first-order chi connectivity index (χ1) is 8.88. The van der Waals surface area contributed by atoms with Gasteiger partial charge in [-0.25, -0.2) is 0 Å². The summed E-state index contributed by atoms with van der Waals surface area (Å²) in [7, 11) is 0. The number of nitrogens with one attached hydrogen (secondary N) is 1. The lowest BCUT2D eigenvalue weighted by Crippen LogP contribution is -2.28. The molecule has 19 heavy (non-hydrogen) atoms. The quantitative estimate of drug-likeness (QED) is 0.867. The van der Waals surface area contributed by atoms with Crippen molar-refractivity contribution in [3.05, 3.63) is 35.4 Å². The Hall–Kier alpha value is -1.56. The van der Waals surface area contributed by atoms with Gasteiger partial charge in [-0.3, -0.25) is 4.79 Å². The van der Waals surface area contributed by atoms with E-state index in [1.807, 2.05) is 0 Å². The Balaban J connectivity index is 2.17. The zero-order valence-electron chi connectivity index (χ0n) is 10.1. The first kappa shape index (κ1) is 13.9. The third-order valence-electron chi connectivity index (χ3n) is 3.10. The standard InChI is InChI=1S/C13H14F3NO2/c14-13(15,16)9-3-1-2-8(6-9)11(12(18)19)7-17-10-4-5-10/h1-3,6,10-11,17H,4-5,7H2,(H,18,19). The molecule has 0 aliphatic heterocycles. The van der Waals surface area contributed by atoms with Crippen molar-refractivity contribution in [3.8, 4) is 0 Å². The van der Waals surface area contributed by atoms with Gasteiger partial charge in [0.15, 0.2) is 0 Å². The summed E-state index contributed by atoms with van der Waals surface area (Å²) in [5.41, 5.74) is -0.641. The number of benzene rings is 1. The zero-order chi connectivity index (χ0) is 14.0. The molecule has 2 rings (SSSR count). The molecule has 0 saturated heterocycles. The Kier molecular flexibility index (Phi) is 3.80. The van der Waals surface area contributed by atoms with Crippen LogP contribution in [0, 0.1) is 0 Å². The van der Waals surface area contributed by atoms with Gasteiger partial charge in [0.1, 0.15) is 0 Å². The molecule has 1 fully saturated rings. The van der Waals surface area contributed by atoms with Crippen molar-refractivity contribution in [1.29, 1.82) is 0 Å². The Morgan fingerprint density at radius 2 is 2.11 bits per heavy atom. The second kappa shape index (κ2) is 5.21. The molecule has 0 aromatic heterocycles. The molecule has 1 atom stereocenters. The number of aliphatic carboxylic acids is 1. The fraction of sp³-hybridized carbons (Fsp3) is 0.462. The number of carboxylic acid groups (broad SMARTS) is 1. The molecule has 1 aliphatic rings. The highest BCUT2D eigenvalue weighted by Gasteiger charge is 2.32. The van der Waals surface area contributed by atoms with E-state index in [1.165, 1.54) is 12.1 Å². The van der Waals surface area contributed by atoms with E-state index < -0.39 is 23.6 Å². The van der Waals surface area contributed by atoms with Gasteiger partial charge in [0.25, 0.3) is 0 Å². The van der Waals surface area contributed by atoms with Crippen molar-refractivity contribution < 1.29 is 23.1 Å². The van der Waals surface area contributed by atoms with Crippen molar-refractivity contribution in [2.75, 3.05) is 6.54 Å². The summed E-state index contributed by atoms with van der Waals surface area (Å²) in [6.07, 6.45) is -2.47. The minimum Gasteiger partial charge on any atom is -0.481 e. The van der Waals surface area contributed by atoms with Crippen LogP contribution in [-0.2, 0) is 11.0 Å². The summed E-state index contributed by atoms with van der Waals surface area (Å²) in [5.74, 6) is -2.07. The van der Waals surface area contributed by atoms with Gasteiger partial charge in [-0.2, -0.15) is 13.2 Å². The monoisotopic (exact) mass is 273 g/mol. The van der Waals surface area contributed by atoms with E-state index in [2.05, 4.69) is 5.32 Å². The Bertz CT molecular complexity index is 469. The first-order valence-electron chi connectivity index (χ1n) is 6.01. The maximum Gasteiger partial charge on any atom is 0.416 e. The van der Waals surface area contributed by atoms with Crippen LogP contribution in [0.4, 0.5) is 13.2 Å². The Morgan fingerprint density at radius 3 is 2.63 bits per heavy atom. The maximum absolute atomic E-state index is 12.6. The van der Waals surface area contributed by atoms with E-state index in [9.17, 15) is 18.0 Å². The predicted octanol–water partition coefficient (Wildman–Crippen LogP) is 2.63. The molecule has 1 aromatic carbocycles. The highest BCUT2D eigenvalue weighted by molar-refractivity contribution is 5.76. The number of hydrogen-bond acceptors (Lipinski definition) is 2. The molecule has 0 bridgehead atoms. The van der Waals surface area contributed by atoms with Crippen LogP contribution >= 0.6 is 0 Å². The Morgan fingerprint density at radius 1 is 1.42 bits per heavy atom. The fourth-order valence-corrected chi connectivity index (χ4v) is 1.85. The van der Waals surface area contributed by atoms with Crippen molar-refractivity contribution >= 4 is 5.97 Å². The molecule has 1 saturated carbocycles. The minimum absolute atomic E-state index is 0.154. The van der Waals surface area contributed by atoms with E-state index in [1.54, 1.807) is 0 Å². The molecule has 1 unspecified atom stereocenters. The number of carbonyl (C=O) groups is 1. The lowest BCUT2D eigenvalue weighted by molar-refractivity contribution is -0.140. The van der Waals surface area contributed by atoms with E-state index in [4.69, 9.17) is 5.11 Å². The molecule has 0 radical (unpaired) electrons. The number of halogens is 3. The van der Waals surface area contributed by atoms with Crippen LogP contribution < -0.4 is 5.32 Å². The van der Waals surface area contributed by atoms with Gasteiger partial charge >= 0.3 is 12.1 Å². The van der Waals surface area contributed by atoms with Gasteiger partial charge in [-0.15, -0.1) is 0 Å². The SMILES string of the molecule is O=C(O)C(CNC1CC1)c1cccc(C(F)(F)F)c1. The molecule has 0 spiro atoms. The van der Waals surface area contributed by atoms with Crippen LogP contribution in [0.1, 0.15) is 29.9 Å². The highest BCUT2D eigenvalue weighted by atomic mass is 19.4. The molecular weight excluding hydrogens is 259 g/mol. The maximum atomic E-state index is 12.6. The van der Waals surface area contributed by atoms with Crippen LogP contribution in [0.5, 0.6) is 0 Å². The van der Waals surface area contributed by atoms with Gasteiger partial charge in [-0.05, 0) is 24.5 Å². The summed E-state index contributed by atoms with van der Waals surface area (Å²) in [6.45, 7) is 0.154. The molecule has 0 amide bonds. The van der Waals surface area contributed by atoms with Gasteiger partial charge in [-0.1, -0.05) is 18.2 Å². The smallest absolute Gasteiger partial charge is 0.416 e. The summed E-state index contributed by atoms with van der Waals surface area (Å²) < 4.78 is 37.8. The zero-order valence-corrected chi connectivity index (χ0v) is 10.1. The predicted molar refractivity (Wildman–Crippen MR) is 62.8 cm³/mol. The molecular formula is C13H14F3NO2. The molecule has 3 nitrogen and oxygen atoms in total. The second-order valence-electron chi connectivity index (χ2n) is 4.70. The van der Waals surface area contributed by atoms with Gasteiger partial charge < -0.3 is 10.4 Å². The van der Waals surface area contributed by atoms with Gasteiger partial charge in [0, 0.05) is 12.6 Å². The van der Waals surface area contributed by atoms with Crippen molar-refractivity contribution in [3.63, 3.8) is 0 Å². The number of hydrogen-bond donors (Lipinski definition) is 2. The first-order valence-corrected chi connectivity index (χ1v) is 6.01. The number of carboxylic acids is 1. The Labute approximate surface area is 108 Å². The molecule has 1 aromatic rings. The van der Waals surface area contributed by atoms with Crippen LogP contribution in [0.15, 0.2) is 24.3 Å². The van der Waals surface area contributed by atoms with Crippen molar-refractivity contribution in [1.82, 2.24) is 5.32 Å². The normalized spacial score (nSPS) is 17.2. The number of rotatable bonds is 5. The molecule has 1 aliphatic carbocycles. The van der Waals surface area contributed by atoms with Crippen molar-refractivity contribution in [2.24, 2.45) is 0 Å². The van der Waals surface area contributed by atoms with E-state index in [0.717, 1.165) is 25.0 Å². The van der Waals surface area contributed by atoms with Crippen LogP contribution in [0.2, 0.25) is 0 Å². The van der Waals surface area contributed by atoms with E-state index >= 15 is 0 Å². The summed E-state index contributed by atoms with van der Waals surface area (Å²) >= 11 is 0. The van der Waals surface area contributed by atoms with Crippen LogP contribution in [0.25, 0.3) is 0 Å². The average molecular weight is 273 g/mol. The molecule has 2 N–H and O–H groups in total.